The molecule has 0 aliphatic rings. The van der Waals surface area contributed by atoms with Crippen LogP contribution in [0.3, 0.4) is 0 Å². The van der Waals surface area contributed by atoms with Crippen molar-refractivity contribution in [2.24, 2.45) is 0 Å². The fraction of sp³-hybridized carbons (Fsp3) is 0.261. The van der Waals surface area contributed by atoms with Gasteiger partial charge in [0.25, 0.3) is 5.91 Å². The predicted molar refractivity (Wildman–Crippen MR) is 118 cm³/mol. The predicted octanol–water partition coefficient (Wildman–Crippen LogP) is 6.02. The van der Waals surface area contributed by atoms with Crippen molar-refractivity contribution >= 4 is 23.2 Å². The van der Waals surface area contributed by atoms with Crippen molar-refractivity contribution in [3.63, 3.8) is 0 Å². The summed E-state index contributed by atoms with van der Waals surface area (Å²) in [5.41, 5.74) is -3.41. The van der Waals surface area contributed by atoms with E-state index in [0.29, 0.717) is 29.0 Å². The van der Waals surface area contributed by atoms with Crippen molar-refractivity contribution in [3.05, 3.63) is 70.2 Å². The molecular weight excluding hydrogens is 514 g/mol. The highest BCUT2D eigenvalue weighted by atomic mass is 32.1. The molecule has 0 aliphatic heterocycles. The van der Waals surface area contributed by atoms with E-state index in [1.54, 1.807) is 0 Å². The number of benzene rings is 2. The highest BCUT2D eigenvalue weighted by molar-refractivity contribution is 7.17. The Hall–Kier alpha value is -3.61. The van der Waals surface area contributed by atoms with Crippen molar-refractivity contribution in [2.75, 3.05) is 0 Å². The molecule has 192 valence electrons. The van der Waals surface area contributed by atoms with E-state index in [1.165, 1.54) is 38.1 Å². The summed E-state index contributed by atoms with van der Waals surface area (Å²) >= 11 is 0.408. The van der Waals surface area contributed by atoms with Crippen LogP contribution < -0.4 is 10.1 Å². The normalized spacial score (nSPS) is 12.3. The first-order valence-corrected chi connectivity index (χ1v) is 10.9. The Morgan fingerprint density at radius 3 is 2.03 bits per heavy atom. The van der Waals surface area contributed by atoms with Crippen LogP contribution in [-0.2, 0) is 23.7 Å². The number of amides is 1. The number of thiazole rings is 1. The van der Waals surface area contributed by atoms with Crippen LogP contribution in [0, 0.1) is 0 Å². The summed E-state index contributed by atoms with van der Waals surface area (Å²) < 4.78 is 84.2. The van der Waals surface area contributed by atoms with E-state index in [4.69, 9.17) is 9.84 Å². The molecule has 3 aromatic rings. The van der Waals surface area contributed by atoms with E-state index in [2.05, 4.69) is 10.3 Å². The summed E-state index contributed by atoms with van der Waals surface area (Å²) in [5, 5.41) is 11.2. The molecule has 1 aromatic heterocycles. The number of halogens is 6. The van der Waals surface area contributed by atoms with Crippen molar-refractivity contribution in [2.45, 2.75) is 38.3 Å². The second-order valence-electron chi connectivity index (χ2n) is 8.01. The Morgan fingerprint density at radius 1 is 0.944 bits per heavy atom. The minimum Gasteiger partial charge on any atom is -0.478 e. The smallest absolute Gasteiger partial charge is 0.435 e. The lowest BCUT2D eigenvalue weighted by Crippen LogP contribution is -2.37. The van der Waals surface area contributed by atoms with Crippen LogP contribution in [0.5, 0.6) is 5.75 Å². The van der Waals surface area contributed by atoms with E-state index >= 15 is 0 Å². The van der Waals surface area contributed by atoms with Gasteiger partial charge in [-0.1, -0.05) is 24.3 Å². The van der Waals surface area contributed by atoms with Crippen LogP contribution >= 0.6 is 11.3 Å². The lowest BCUT2D eigenvalue weighted by molar-refractivity contribution is -0.152. The fourth-order valence-electron chi connectivity index (χ4n) is 2.87. The van der Waals surface area contributed by atoms with Gasteiger partial charge in [-0.3, -0.25) is 4.79 Å². The van der Waals surface area contributed by atoms with E-state index < -0.39 is 46.0 Å². The van der Waals surface area contributed by atoms with Crippen LogP contribution in [0.1, 0.15) is 40.3 Å². The third kappa shape index (κ3) is 6.33. The monoisotopic (exact) mass is 532 g/mol. The van der Waals surface area contributed by atoms with Gasteiger partial charge in [-0.2, -0.15) is 26.3 Å². The van der Waals surface area contributed by atoms with Gasteiger partial charge in [0, 0.05) is 12.1 Å². The zero-order valence-corrected chi connectivity index (χ0v) is 19.4. The molecule has 0 bridgehead atoms. The molecule has 0 fully saturated rings. The van der Waals surface area contributed by atoms with Crippen molar-refractivity contribution < 1.29 is 45.8 Å². The molecule has 0 saturated carbocycles. The number of nitrogens with zero attached hydrogens (tertiary/aromatic N) is 1. The number of hydrogen-bond donors (Lipinski definition) is 2. The maximum atomic E-state index is 13.5. The largest absolute Gasteiger partial charge is 0.478 e. The van der Waals surface area contributed by atoms with Crippen LogP contribution in [0.25, 0.3) is 10.6 Å². The van der Waals surface area contributed by atoms with Crippen molar-refractivity contribution in [1.82, 2.24) is 10.3 Å². The summed E-state index contributed by atoms with van der Waals surface area (Å²) in [6.45, 7) is 2.55. The second kappa shape index (κ2) is 9.80. The summed E-state index contributed by atoms with van der Waals surface area (Å²) in [7, 11) is 0. The molecule has 0 atom stereocenters. The number of alkyl halides is 6. The zero-order valence-electron chi connectivity index (χ0n) is 18.6. The molecule has 0 radical (unpaired) electrons. The topological polar surface area (TPSA) is 88.5 Å². The van der Waals surface area contributed by atoms with Gasteiger partial charge in [0.1, 0.15) is 15.6 Å². The molecule has 1 amide bonds. The maximum absolute atomic E-state index is 13.5. The summed E-state index contributed by atoms with van der Waals surface area (Å²) in [4.78, 5) is 26.4. The lowest BCUT2D eigenvalue weighted by atomic mass is 10.1. The van der Waals surface area contributed by atoms with Gasteiger partial charge < -0.3 is 15.2 Å². The highest BCUT2D eigenvalue weighted by Crippen LogP contribution is 2.38. The molecule has 36 heavy (non-hydrogen) atoms. The fourth-order valence-corrected chi connectivity index (χ4v) is 3.87. The number of ether oxygens (including phenoxy) is 1. The number of carbonyl (C=O) groups excluding carboxylic acids is 1. The van der Waals surface area contributed by atoms with E-state index in [0.717, 1.165) is 12.1 Å². The molecule has 6 nitrogen and oxygen atoms in total. The van der Waals surface area contributed by atoms with Crippen molar-refractivity contribution in [3.8, 4) is 16.3 Å². The second-order valence-corrected chi connectivity index (χ2v) is 9.01. The molecule has 2 aromatic carbocycles. The Kier molecular flexibility index (Phi) is 7.35. The van der Waals surface area contributed by atoms with Gasteiger partial charge in [-0.15, -0.1) is 11.3 Å². The number of aromatic nitrogens is 1. The number of hydrogen-bond acceptors (Lipinski definition) is 5. The first kappa shape index (κ1) is 27.0. The highest BCUT2D eigenvalue weighted by Gasteiger charge is 2.40. The Bertz CT molecular complexity index is 1250. The van der Waals surface area contributed by atoms with Crippen LogP contribution in [0.2, 0.25) is 0 Å². The van der Waals surface area contributed by atoms with E-state index in [1.807, 2.05) is 0 Å². The first-order chi connectivity index (χ1) is 16.6. The standard InChI is InChI=1S/C23H18F6N2O4S/c1-21(2,20(33)34)35-15-9-3-12(4-10-15)11-30-18(32)16-17(23(27,28)29)31-19(36-16)13-5-7-14(8-6-13)22(24,25)26/h3-10H,11H2,1-2H3,(H,30,32)(H,33,34). The molecule has 0 aliphatic carbocycles. The molecule has 0 saturated heterocycles. The first-order valence-electron chi connectivity index (χ1n) is 10.1. The Morgan fingerprint density at radius 2 is 1.53 bits per heavy atom. The number of aliphatic carboxylic acids is 1. The van der Waals surface area contributed by atoms with Crippen LogP contribution in [0.15, 0.2) is 48.5 Å². The molecular formula is C23H18F6N2O4S. The molecule has 0 spiro atoms. The minimum atomic E-state index is -4.97. The average molecular weight is 532 g/mol. The van der Waals surface area contributed by atoms with E-state index in [-0.39, 0.29) is 22.9 Å². The van der Waals surface area contributed by atoms with Gasteiger partial charge in [0.05, 0.1) is 5.56 Å². The molecule has 0 unspecified atom stereocenters. The molecule has 13 heteroatoms. The van der Waals surface area contributed by atoms with Gasteiger partial charge in [-0.25, -0.2) is 9.78 Å². The lowest BCUT2D eigenvalue weighted by Gasteiger charge is -2.21. The van der Waals surface area contributed by atoms with Crippen molar-refractivity contribution in [1.29, 1.82) is 0 Å². The van der Waals surface area contributed by atoms with Crippen LogP contribution in [-0.4, -0.2) is 27.6 Å². The summed E-state index contributed by atoms with van der Waals surface area (Å²) in [6.07, 6.45) is -9.58. The van der Waals surface area contributed by atoms with E-state index in [9.17, 15) is 35.9 Å². The number of rotatable bonds is 7. The number of nitrogens with one attached hydrogen (secondary N) is 1. The molecule has 1 heterocycles. The minimum absolute atomic E-state index is 0.00239. The van der Waals surface area contributed by atoms with Gasteiger partial charge in [0.2, 0.25) is 0 Å². The summed E-state index contributed by atoms with van der Waals surface area (Å²) in [5.74, 6) is -2.01. The molecule has 2 N–H and O–H groups in total. The number of carbonyl (C=O) groups is 2. The van der Waals surface area contributed by atoms with Gasteiger partial charge >= 0.3 is 18.3 Å². The number of carboxylic acids is 1. The third-order valence-corrected chi connectivity index (χ3v) is 5.93. The van der Waals surface area contributed by atoms with Crippen LogP contribution in [0.4, 0.5) is 26.3 Å². The van der Waals surface area contributed by atoms with Gasteiger partial charge in [-0.05, 0) is 43.7 Å². The SMILES string of the molecule is CC(C)(Oc1ccc(CNC(=O)c2sc(-c3ccc(C(F)(F)F)cc3)nc2C(F)(F)F)cc1)C(=O)O. The Balaban J connectivity index is 1.77. The number of carboxylic acid groups (broad SMARTS) is 1. The maximum Gasteiger partial charge on any atom is 0.435 e. The third-order valence-electron chi connectivity index (χ3n) is 4.83. The molecule has 3 rings (SSSR count). The quantitative estimate of drug-likeness (QED) is 0.364. The average Bonchev–Trinajstić information content (AvgIpc) is 3.24. The zero-order chi connectivity index (χ0) is 26.9. The van der Waals surface area contributed by atoms with Gasteiger partial charge in [0.15, 0.2) is 11.3 Å². The summed E-state index contributed by atoms with van der Waals surface area (Å²) in [6, 6.07) is 9.30. The Labute approximate surface area is 204 Å².